The van der Waals surface area contributed by atoms with Crippen molar-refractivity contribution in [3.05, 3.63) is 65.7 Å². The molecule has 0 unspecified atom stereocenters. The molecule has 1 N–H and O–H groups in total. The minimum Gasteiger partial charge on any atom is -0.479 e. The van der Waals surface area contributed by atoms with E-state index in [1.54, 1.807) is 6.92 Å². The first-order valence-electron chi connectivity index (χ1n) is 7.50. The summed E-state index contributed by atoms with van der Waals surface area (Å²) in [4.78, 5) is 11.0. The van der Waals surface area contributed by atoms with Crippen molar-refractivity contribution in [2.45, 2.75) is 38.7 Å². The average Bonchev–Trinajstić information content (AvgIpc) is 2.53. The maximum absolute atomic E-state index is 11.0. The van der Waals surface area contributed by atoms with E-state index in [1.165, 1.54) is 5.56 Å². The Hall–Kier alpha value is -2.29. The normalized spacial score (nSPS) is 12.7. The highest BCUT2D eigenvalue weighted by atomic mass is 16.5. The molecule has 3 nitrogen and oxygen atoms in total. The lowest BCUT2D eigenvalue weighted by molar-refractivity contribution is -0.145. The highest BCUT2D eigenvalue weighted by Crippen LogP contribution is 2.32. The molecule has 1 atom stereocenters. The van der Waals surface area contributed by atoms with Gasteiger partial charge in [0, 0.05) is 5.41 Å². The number of hydrogen-bond acceptors (Lipinski definition) is 2. The molecule has 0 fully saturated rings. The largest absolute Gasteiger partial charge is 0.479 e. The quantitative estimate of drug-likeness (QED) is 0.867. The molecular formula is C19H22O3. The summed E-state index contributed by atoms with van der Waals surface area (Å²) >= 11 is 0. The van der Waals surface area contributed by atoms with Gasteiger partial charge in [0.1, 0.15) is 5.75 Å². The summed E-state index contributed by atoms with van der Waals surface area (Å²) in [5.41, 5.74) is 2.28. The molecule has 0 aromatic heterocycles. The number of aliphatic carboxylic acids is 1. The molecule has 0 amide bonds. The molecule has 0 spiro atoms. The van der Waals surface area contributed by atoms with Crippen molar-refractivity contribution in [1.82, 2.24) is 0 Å². The molecule has 3 heteroatoms. The van der Waals surface area contributed by atoms with Crippen molar-refractivity contribution in [3.8, 4) is 5.75 Å². The van der Waals surface area contributed by atoms with Gasteiger partial charge >= 0.3 is 5.97 Å². The van der Waals surface area contributed by atoms with Crippen LogP contribution < -0.4 is 4.74 Å². The van der Waals surface area contributed by atoms with Crippen LogP contribution in [0.3, 0.4) is 0 Å². The van der Waals surface area contributed by atoms with E-state index < -0.39 is 12.1 Å². The van der Waals surface area contributed by atoms with E-state index in [4.69, 9.17) is 9.84 Å². The Bertz CT molecular complexity index is 615. The van der Waals surface area contributed by atoms with Gasteiger partial charge in [0.2, 0.25) is 0 Å². The average molecular weight is 298 g/mol. The molecular weight excluding hydrogens is 276 g/mol. The summed E-state index contributed by atoms with van der Waals surface area (Å²) in [6, 6.07) is 18.0. The second-order valence-electron chi connectivity index (χ2n) is 5.87. The SMILES string of the molecule is CC[C@@H](Oc1ccc(C(C)(C)c2ccccc2)cc1)C(=O)O. The summed E-state index contributed by atoms with van der Waals surface area (Å²) in [6.07, 6.45) is -0.361. The first-order chi connectivity index (χ1) is 10.4. The van der Waals surface area contributed by atoms with Gasteiger partial charge in [-0.25, -0.2) is 4.79 Å². The predicted octanol–water partition coefficient (Wildman–Crippen LogP) is 4.25. The Morgan fingerprint density at radius 3 is 2.09 bits per heavy atom. The van der Waals surface area contributed by atoms with Crippen molar-refractivity contribution >= 4 is 5.97 Å². The smallest absolute Gasteiger partial charge is 0.344 e. The van der Waals surface area contributed by atoms with Crippen LogP contribution in [0.1, 0.15) is 38.3 Å². The van der Waals surface area contributed by atoms with Crippen molar-refractivity contribution < 1.29 is 14.6 Å². The molecule has 2 aromatic rings. The second-order valence-corrected chi connectivity index (χ2v) is 5.87. The van der Waals surface area contributed by atoms with Crippen LogP contribution in [0.25, 0.3) is 0 Å². The van der Waals surface area contributed by atoms with E-state index in [2.05, 4.69) is 26.0 Å². The van der Waals surface area contributed by atoms with E-state index in [-0.39, 0.29) is 5.41 Å². The van der Waals surface area contributed by atoms with Crippen LogP contribution >= 0.6 is 0 Å². The van der Waals surface area contributed by atoms with E-state index in [1.807, 2.05) is 42.5 Å². The van der Waals surface area contributed by atoms with Gasteiger partial charge in [-0.2, -0.15) is 0 Å². The van der Waals surface area contributed by atoms with Crippen molar-refractivity contribution in [2.75, 3.05) is 0 Å². The molecule has 22 heavy (non-hydrogen) atoms. The number of rotatable bonds is 6. The fourth-order valence-corrected chi connectivity index (χ4v) is 2.44. The molecule has 2 rings (SSSR count). The van der Waals surface area contributed by atoms with Crippen LogP contribution in [0.4, 0.5) is 0 Å². The lowest BCUT2D eigenvalue weighted by atomic mass is 9.78. The lowest BCUT2D eigenvalue weighted by Gasteiger charge is -2.26. The number of hydrogen-bond donors (Lipinski definition) is 1. The number of carboxylic acids is 1. The van der Waals surface area contributed by atoms with Crippen LogP contribution in [0.2, 0.25) is 0 Å². The van der Waals surface area contributed by atoms with Gasteiger partial charge in [-0.05, 0) is 29.7 Å². The highest BCUT2D eigenvalue weighted by Gasteiger charge is 2.23. The summed E-state index contributed by atoms with van der Waals surface area (Å²) in [5.74, 6) is -0.349. The molecule has 2 aromatic carbocycles. The highest BCUT2D eigenvalue weighted by molar-refractivity contribution is 5.72. The third-order valence-corrected chi connectivity index (χ3v) is 4.00. The second kappa shape index (κ2) is 6.65. The minimum atomic E-state index is -0.934. The van der Waals surface area contributed by atoms with E-state index in [0.29, 0.717) is 12.2 Å². The Kier molecular flexibility index (Phi) is 4.86. The Morgan fingerprint density at radius 2 is 1.59 bits per heavy atom. The maximum atomic E-state index is 11.0. The fourth-order valence-electron chi connectivity index (χ4n) is 2.44. The van der Waals surface area contributed by atoms with Crippen molar-refractivity contribution in [1.29, 1.82) is 0 Å². The summed E-state index contributed by atoms with van der Waals surface area (Å²) in [6.45, 7) is 6.14. The first kappa shape index (κ1) is 16.1. The molecule has 0 radical (unpaired) electrons. The third-order valence-electron chi connectivity index (χ3n) is 4.00. The molecule has 0 saturated heterocycles. The Labute approximate surface area is 131 Å². The monoisotopic (exact) mass is 298 g/mol. The number of carboxylic acid groups (broad SMARTS) is 1. The minimum absolute atomic E-state index is 0.114. The van der Waals surface area contributed by atoms with E-state index >= 15 is 0 Å². The Balaban J connectivity index is 2.20. The third kappa shape index (κ3) is 3.48. The van der Waals surface area contributed by atoms with Gasteiger partial charge in [0.25, 0.3) is 0 Å². The van der Waals surface area contributed by atoms with Gasteiger partial charge in [-0.3, -0.25) is 0 Å². The van der Waals surface area contributed by atoms with Crippen molar-refractivity contribution in [3.63, 3.8) is 0 Å². The number of carbonyl (C=O) groups is 1. The topological polar surface area (TPSA) is 46.5 Å². The molecule has 116 valence electrons. The molecule has 0 heterocycles. The van der Waals surface area contributed by atoms with Gasteiger partial charge in [-0.1, -0.05) is 63.2 Å². The first-order valence-corrected chi connectivity index (χ1v) is 7.50. The Morgan fingerprint density at radius 1 is 1.05 bits per heavy atom. The van der Waals surface area contributed by atoms with Gasteiger partial charge in [0.05, 0.1) is 0 Å². The molecule has 0 aliphatic carbocycles. The lowest BCUT2D eigenvalue weighted by Crippen LogP contribution is -2.26. The fraction of sp³-hybridized carbons (Fsp3) is 0.316. The zero-order valence-electron chi connectivity index (χ0n) is 13.2. The molecule has 0 bridgehead atoms. The summed E-state index contributed by atoms with van der Waals surface area (Å²) in [5, 5.41) is 9.04. The van der Waals surface area contributed by atoms with Gasteiger partial charge in [-0.15, -0.1) is 0 Å². The van der Waals surface area contributed by atoms with Crippen LogP contribution in [0.5, 0.6) is 5.75 Å². The summed E-state index contributed by atoms with van der Waals surface area (Å²) in [7, 11) is 0. The van der Waals surface area contributed by atoms with Crippen LogP contribution in [0.15, 0.2) is 54.6 Å². The van der Waals surface area contributed by atoms with Crippen molar-refractivity contribution in [2.24, 2.45) is 0 Å². The van der Waals surface area contributed by atoms with Crippen LogP contribution in [-0.4, -0.2) is 17.2 Å². The predicted molar refractivity (Wildman–Crippen MR) is 87.4 cm³/mol. The number of benzene rings is 2. The van der Waals surface area contributed by atoms with Gasteiger partial charge in [0.15, 0.2) is 6.10 Å². The molecule has 0 aliphatic heterocycles. The maximum Gasteiger partial charge on any atom is 0.344 e. The molecule has 0 saturated carbocycles. The van der Waals surface area contributed by atoms with E-state index in [0.717, 1.165) is 5.56 Å². The van der Waals surface area contributed by atoms with E-state index in [9.17, 15) is 4.79 Å². The zero-order chi connectivity index (χ0) is 16.2. The number of ether oxygens (including phenoxy) is 1. The van der Waals surface area contributed by atoms with Gasteiger partial charge < -0.3 is 9.84 Å². The summed E-state index contributed by atoms with van der Waals surface area (Å²) < 4.78 is 5.50. The van der Waals surface area contributed by atoms with Crippen LogP contribution in [0, 0.1) is 0 Å². The molecule has 0 aliphatic rings. The van der Waals surface area contributed by atoms with Crippen LogP contribution in [-0.2, 0) is 10.2 Å². The zero-order valence-corrected chi connectivity index (χ0v) is 13.2. The standard InChI is InChI=1S/C19H22O3/c1-4-17(18(20)21)22-16-12-10-15(11-13-16)19(2,3)14-8-6-5-7-9-14/h5-13,17H,4H2,1-3H3,(H,20,21)/t17-/m1/s1.